The van der Waals surface area contributed by atoms with Crippen LogP contribution in [0.4, 0.5) is 17.1 Å². The van der Waals surface area contributed by atoms with Gasteiger partial charge in [0.05, 0.1) is 11.4 Å². The summed E-state index contributed by atoms with van der Waals surface area (Å²) in [6.07, 6.45) is 0. The SMILES string of the molecule is c1ccc(-c2ccc(N(c3ccc4oc5ccccc5c4c3)c3cccc4sc5ccccc5c34)c3ccccc23)cc1. The van der Waals surface area contributed by atoms with Crippen molar-refractivity contribution in [3.05, 3.63) is 152 Å². The average Bonchev–Trinajstić information content (AvgIpc) is 3.64. The van der Waals surface area contributed by atoms with Crippen LogP contribution in [0.3, 0.4) is 0 Å². The molecule has 0 saturated heterocycles. The fourth-order valence-electron chi connectivity index (χ4n) is 6.55. The highest BCUT2D eigenvalue weighted by molar-refractivity contribution is 7.26. The van der Waals surface area contributed by atoms with Crippen molar-refractivity contribution in [1.82, 2.24) is 0 Å². The molecule has 2 heterocycles. The monoisotopic (exact) mass is 567 g/mol. The summed E-state index contributed by atoms with van der Waals surface area (Å²) in [5.74, 6) is 0. The molecule has 0 N–H and O–H groups in total. The summed E-state index contributed by atoms with van der Waals surface area (Å²) in [5.41, 5.74) is 7.66. The van der Waals surface area contributed by atoms with Gasteiger partial charge in [0, 0.05) is 42.0 Å². The Bertz CT molecular complexity index is 2470. The Hall–Kier alpha value is -5.38. The largest absolute Gasteiger partial charge is 0.456 e. The fourth-order valence-corrected chi connectivity index (χ4v) is 7.68. The summed E-state index contributed by atoms with van der Waals surface area (Å²) >= 11 is 1.85. The van der Waals surface area contributed by atoms with Crippen LogP contribution in [-0.4, -0.2) is 0 Å². The number of anilines is 3. The molecule has 2 aromatic heterocycles. The van der Waals surface area contributed by atoms with Gasteiger partial charge < -0.3 is 9.32 Å². The van der Waals surface area contributed by atoms with Crippen molar-refractivity contribution in [3.63, 3.8) is 0 Å². The summed E-state index contributed by atoms with van der Waals surface area (Å²) in [7, 11) is 0. The van der Waals surface area contributed by atoms with E-state index in [-0.39, 0.29) is 0 Å². The molecule has 0 fully saturated rings. The van der Waals surface area contributed by atoms with Gasteiger partial charge in [-0.1, -0.05) is 103 Å². The molecule has 0 spiro atoms. The number of thiophene rings is 1. The van der Waals surface area contributed by atoms with Gasteiger partial charge in [0.2, 0.25) is 0 Å². The Morgan fingerprint density at radius 3 is 2.02 bits per heavy atom. The number of hydrogen-bond acceptors (Lipinski definition) is 3. The van der Waals surface area contributed by atoms with Gasteiger partial charge in [0.1, 0.15) is 11.2 Å². The van der Waals surface area contributed by atoms with Crippen LogP contribution in [0.5, 0.6) is 0 Å². The number of hydrogen-bond donors (Lipinski definition) is 0. The van der Waals surface area contributed by atoms with Gasteiger partial charge in [-0.05, 0) is 65.0 Å². The van der Waals surface area contributed by atoms with E-state index in [1.165, 1.54) is 47.8 Å². The number of fused-ring (bicyclic) bond motifs is 7. The molecule has 7 aromatic carbocycles. The molecule has 0 amide bonds. The maximum atomic E-state index is 6.23. The standard InChI is InChI=1S/C40H25NOS/c1-2-11-26(12-3-1)28-22-23-34(30-14-5-4-13-29(28)30)41(27-21-24-37-33(25-27)31-15-6-8-18-36(31)42-37)35-17-10-20-39-40(35)32-16-7-9-19-38(32)43-39/h1-25H. The van der Waals surface area contributed by atoms with Crippen LogP contribution in [0.2, 0.25) is 0 Å². The first-order chi connectivity index (χ1) is 21.3. The second kappa shape index (κ2) is 9.59. The first-order valence-electron chi connectivity index (χ1n) is 14.5. The quantitative estimate of drug-likeness (QED) is 0.210. The highest BCUT2D eigenvalue weighted by Gasteiger charge is 2.22. The van der Waals surface area contributed by atoms with Crippen LogP contribution >= 0.6 is 11.3 Å². The molecule has 0 aliphatic heterocycles. The highest BCUT2D eigenvalue weighted by Crippen LogP contribution is 2.48. The zero-order valence-corrected chi connectivity index (χ0v) is 24.0. The average molecular weight is 568 g/mol. The molecule has 0 unspecified atom stereocenters. The van der Waals surface area contributed by atoms with Crippen LogP contribution < -0.4 is 4.90 Å². The summed E-state index contributed by atoms with van der Waals surface area (Å²) in [4.78, 5) is 2.44. The molecular formula is C40H25NOS. The first kappa shape index (κ1) is 24.2. The predicted octanol–water partition coefficient (Wildman–Crippen LogP) is 12.2. The van der Waals surface area contributed by atoms with E-state index in [9.17, 15) is 0 Å². The minimum absolute atomic E-state index is 0.897. The molecule has 0 aliphatic rings. The van der Waals surface area contributed by atoms with Gasteiger partial charge in [-0.15, -0.1) is 11.3 Å². The van der Waals surface area contributed by atoms with Gasteiger partial charge in [0.25, 0.3) is 0 Å². The third-order valence-corrected chi connectivity index (χ3v) is 9.60. The van der Waals surface area contributed by atoms with Crippen molar-refractivity contribution in [1.29, 1.82) is 0 Å². The third kappa shape index (κ3) is 3.79. The maximum absolute atomic E-state index is 6.23. The highest BCUT2D eigenvalue weighted by atomic mass is 32.1. The fraction of sp³-hybridized carbons (Fsp3) is 0. The Kier molecular flexibility index (Phi) is 5.40. The topological polar surface area (TPSA) is 16.4 Å². The van der Waals surface area contributed by atoms with Gasteiger partial charge in [-0.2, -0.15) is 0 Å². The summed E-state index contributed by atoms with van der Waals surface area (Å²) in [6, 6.07) is 54.3. The molecule has 0 saturated carbocycles. The van der Waals surface area contributed by atoms with E-state index in [4.69, 9.17) is 4.42 Å². The Morgan fingerprint density at radius 2 is 1.14 bits per heavy atom. The molecule has 0 bridgehead atoms. The van der Waals surface area contributed by atoms with Crippen molar-refractivity contribution in [3.8, 4) is 11.1 Å². The minimum atomic E-state index is 0.897. The lowest BCUT2D eigenvalue weighted by atomic mass is 9.96. The second-order valence-electron chi connectivity index (χ2n) is 10.9. The van der Waals surface area contributed by atoms with Gasteiger partial charge >= 0.3 is 0 Å². The van der Waals surface area contributed by atoms with E-state index in [1.807, 2.05) is 23.5 Å². The number of nitrogens with zero attached hydrogens (tertiary/aromatic N) is 1. The second-order valence-corrected chi connectivity index (χ2v) is 12.0. The predicted molar refractivity (Wildman–Crippen MR) is 184 cm³/mol. The molecule has 3 heteroatoms. The molecular weight excluding hydrogens is 543 g/mol. The Balaban J connectivity index is 1.38. The maximum Gasteiger partial charge on any atom is 0.135 e. The van der Waals surface area contributed by atoms with Crippen molar-refractivity contribution in [2.75, 3.05) is 4.90 Å². The smallest absolute Gasteiger partial charge is 0.135 e. The van der Waals surface area contributed by atoms with E-state index in [2.05, 4.69) is 144 Å². The molecule has 202 valence electrons. The molecule has 0 aliphatic carbocycles. The lowest BCUT2D eigenvalue weighted by molar-refractivity contribution is 0.669. The summed E-state index contributed by atoms with van der Waals surface area (Å²) in [6.45, 7) is 0. The first-order valence-corrected chi connectivity index (χ1v) is 15.3. The van der Waals surface area contributed by atoms with Crippen molar-refractivity contribution >= 4 is 81.3 Å². The van der Waals surface area contributed by atoms with E-state index < -0.39 is 0 Å². The van der Waals surface area contributed by atoms with E-state index in [0.717, 1.165) is 33.3 Å². The molecule has 0 radical (unpaired) electrons. The van der Waals surface area contributed by atoms with Crippen molar-refractivity contribution < 1.29 is 4.42 Å². The molecule has 43 heavy (non-hydrogen) atoms. The number of rotatable bonds is 4. The lowest BCUT2D eigenvalue weighted by Crippen LogP contribution is -2.11. The number of furan rings is 1. The molecule has 9 aromatic rings. The zero-order valence-electron chi connectivity index (χ0n) is 23.2. The van der Waals surface area contributed by atoms with E-state index >= 15 is 0 Å². The van der Waals surface area contributed by atoms with Crippen LogP contribution in [-0.2, 0) is 0 Å². The van der Waals surface area contributed by atoms with Crippen molar-refractivity contribution in [2.45, 2.75) is 0 Å². The van der Waals surface area contributed by atoms with Crippen LogP contribution in [0.1, 0.15) is 0 Å². The summed E-state index contributed by atoms with van der Waals surface area (Å²) in [5, 5.41) is 7.24. The number of benzene rings is 7. The van der Waals surface area contributed by atoms with Gasteiger partial charge in [-0.3, -0.25) is 0 Å². The van der Waals surface area contributed by atoms with Gasteiger partial charge in [0.15, 0.2) is 0 Å². The Labute approximate surface area is 252 Å². The van der Waals surface area contributed by atoms with Crippen LogP contribution in [0, 0.1) is 0 Å². The van der Waals surface area contributed by atoms with E-state index in [0.29, 0.717) is 0 Å². The van der Waals surface area contributed by atoms with Crippen molar-refractivity contribution in [2.24, 2.45) is 0 Å². The molecule has 0 atom stereocenters. The summed E-state index contributed by atoms with van der Waals surface area (Å²) < 4.78 is 8.81. The molecule has 2 nitrogen and oxygen atoms in total. The minimum Gasteiger partial charge on any atom is -0.456 e. The normalized spacial score (nSPS) is 11.7. The lowest BCUT2D eigenvalue weighted by Gasteiger charge is -2.28. The Morgan fingerprint density at radius 1 is 0.442 bits per heavy atom. The number of para-hydroxylation sites is 1. The van der Waals surface area contributed by atoms with Gasteiger partial charge in [-0.25, -0.2) is 0 Å². The van der Waals surface area contributed by atoms with E-state index in [1.54, 1.807) is 0 Å². The third-order valence-electron chi connectivity index (χ3n) is 8.47. The zero-order chi connectivity index (χ0) is 28.3. The van der Waals surface area contributed by atoms with Crippen LogP contribution in [0.25, 0.3) is 64.0 Å². The molecule has 9 rings (SSSR count). The van der Waals surface area contributed by atoms with Crippen LogP contribution in [0.15, 0.2) is 156 Å².